The number of carbonyl (C=O) groups excluding carboxylic acids is 5. The van der Waals surface area contributed by atoms with E-state index in [-0.39, 0.29) is 16.6 Å². The lowest BCUT2D eigenvalue weighted by Crippen LogP contribution is -2.76. The van der Waals surface area contributed by atoms with Crippen molar-refractivity contribution in [2.45, 2.75) is 103 Å². The molecule has 2 aromatic heterocycles. The number of hydrogen-bond acceptors (Lipinski definition) is 16. The normalized spacial score (nSPS) is 15.2. The lowest BCUT2D eigenvalue weighted by molar-refractivity contribution is -0.753. The third kappa shape index (κ3) is 15.5. The fourth-order valence-electron chi connectivity index (χ4n) is 7.12. The number of anilines is 1. The highest BCUT2D eigenvalue weighted by Gasteiger charge is 2.58. The summed E-state index contributed by atoms with van der Waals surface area (Å²) in [5, 5.41) is 13.5. The molecular formula is C49H59N8O14S2+. The number of hydrogen-bond donors (Lipinski definition) is 4. The SMILES string of the molecule is C[n+]1cc(-c2ccc(OC(CON=C(C(=O)NC3C(=O)N(OS(=O)(=O)O)C3(C)C)c3csc(NC(=O)OC(C)(C)C)n3)C(=O)OC(c3ccccc3)c3ccccc3)cc2)cn1CCCNC(=O)OC(C)(C)C. The van der Waals surface area contributed by atoms with Crippen LogP contribution in [0.15, 0.2) is 108 Å². The van der Waals surface area contributed by atoms with Gasteiger partial charge in [-0.15, -0.1) is 20.3 Å². The number of amides is 4. The number of benzene rings is 3. The van der Waals surface area contributed by atoms with Gasteiger partial charge in [-0.05, 0) is 90.6 Å². The summed E-state index contributed by atoms with van der Waals surface area (Å²) in [7, 11) is -3.21. The number of nitrogens with one attached hydrogen (secondary N) is 3. The highest BCUT2D eigenvalue weighted by atomic mass is 32.3. The Bertz CT molecular complexity index is 2860. The van der Waals surface area contributed by atoms with Crippen molar-refractivity contribution in [3.05, 3.63) is 120 Å². The van der Waals surface area contributed by atoms with E-state index in [9.17, 15) is 36.9 Å². The van der Waals surface area contributed by atoms with Crippen molar-refractivity contribution in [3.8, 4) is 16.9 Å². The Kier molecular flexibility index (Phi) is 17.3. The van der Waals surface area contributed by atoms with E-state index in [1.54, 1.807) is 65.8 Å². The molecule has 390 valence electrons. The second-order valence-corrected chi connectivity index (χ2v) is 21.0. The van der Waals surface area contributed by atoms with E-state index >= 15 is 0 Å². The number of alkyl carbamates (subject to hydrolysis) is 1. The van der Waals surface area contributed by atoms with Gasteiger partial charge in [0.25, 0.3) is 11.8 Å². The zero-order valence-corrected chi connectivity index (χ0v) is 43.3. The zero-order chi connectivity index (χ0) is 53.3. The maximum absolute atomic E-state index is 14.4. The van der Waals surface area contributed by atoms with Gasteiger partial charge >= 0.3 is 28.6 Å². The minimum Gasteiger partial charge on any atom is -0.475 e. The summed E-state index contributed by atoms with van der Waals surface area (Å²) in [6, 6.07) is 23.6. The number of ether oxygens (including phenoxy) is 4. The molecule has 2 unspecified atom stereocenters. The minimum absolute atomic E-state index is 0.00320. The van der Waals surface area contributed by atoms with Gasteiger partial charge < -0.3 is 34.4 Å². The van der Waals surface area contributed by atoms with Crippen LogP contribution in [0.4, 0.5) is 14.7 Å². The van der Waals surface area contributed by atoms with Gasteiger partial charge in [-0.3, -0.25) is 19.5 Å². The number of thiazole rings is 1. The molecule has 24 heteroatoms. The number of β-lactam (4-membered cyclic amide) rings is 1. The largest absolute Gasteiger partial charge is 0.475 e. The number of nitrogens with zero attached hydrogens (tertiary/aromatic N) is 5. The molecule has 1 saturated heterocycles. The number of esters is 1. The van der Waals surface area contributed by atoms with Crippen molar-refractivity contribution in [3.63, 3.8) is 0 Å². The number of hydroxylamine groups is 2. The molecule has 0 radical (unpaired) electrons. The number of rotatable bonds is 20. The molecule has 0 aliphatic carbocycles. The third-order valence-corrected chi connectivity index (χ3v) is 11.6. The van der Waals surface area contributed by atoms with Crippen molar-refractivity contribution in [2.75, 3.05) is 18.5 Å². The second kappa shape index (κ2) is 23.0. The molecule has 0 spiro atoms. The molecule has 73 heavy (non-hydrogen) atoms. The van der Waals surface area contributed by atoms with Crippen LogP contribution in [0.5, 0.6) is 5.75 Å². The first kappa shape index (κ1) is 54.9. The van der Waals surface area contributed by atoms with Crippen LogP contribution in [0.1, 0.15) is 84.7 Å². The molecule has 1 fully saturated rings. The number of carbonyl (C=O) groups is 5. The van der Waals surface area contributed by atoms with Gasteiger partial charge in [-0.2, -0.15) is 18.2 Å². The van der Waals surface area contributed by atoms with Crippen LogP contribution in [-0.2, 0) is 61.7 Å². The standard InChI is InChI=1S/C49H58N8O14S2/c1-47(2,3)69-45(61)50-25-16-26-56-28-34(27-55(56)9)31-21-23-35(24-22-31)67-37(43(60)68-39(32-17-12-10-13-18-32)33-19-14-11-15-20-33)29-66-54-38(36-30-72-44(51-36)53-46(62)70-48(4,5)6)41(58)52-40-42(59)57(49(40,7)8)71-73(63,64)65/h10-15,17-24,27-28,30,37,39-40H,16,25-26,29H2,1-9H3,(H3-,50,51,52,53,58,61,62,63,64,65)/p+1. The number of aryl methyl sites for hydroxylation is 2. The highest BCUT2D eigenvalue weighted by Crippen LogP contribution is 2.33. The fourth-order valence-corrected chi connectivity index (χ4v) is 8.25. The molecule has 1 aliphatic rings. The van der Waals surface area contributed by atoms with Crippen LogP contribution >= 0.6 is 11.3 Å². The number of oxime groups is 1. The predicted octanol–water partition coefficient (Wildman–Crippen LogP) is 6.04. The van der Waals surface area contributed by atoms with Gasteiger partial charge in [-0.25, -0.2) is 19.4 Å². The van der Waals surface area contributed by atoms with E-state index in [0.29, 0.717) is 35.7 Å². The smallest absolute Gasteiger partial charge is 0.418 e. The van der Waals surface area contributed by atoms with Gasteiger partial charge in [-0.1, -0.05) is 78.0 Å². The van der Waals surface area contributed by atoms with E-state index in [1.165, 1.54) is 19.2 Å². The molecule has 22 nitrogen and oxygen atoms in total. The summed E-state index contributed by atoms with van der Waals surface area (Å²) in [5.74, 6) is -2.70. The lowest BCUT2D eigenvalue weighted by atomic mass is 9.84. The Morgan fingerprint density at radius 1 is 0.890 bits per heavy atom. The molecule has 4 N–H and O–H groups in total. The Hall–Kier alpha value is -7.41. The molecule has 0 bridgehead atoms. The minimum atomic E-state index is -5.10. The highest BCUT2D eigenvalue weighted by molar-refractivity contribution is 7.80. The van der Waals surface area contributed by atoms with Crippen LogP contribution in [0.25, 0.3) is 11.1 Å². The van der Waals surface area contributed by atoms with E-state index < -0.39 is 87.7 Å². The van der Waals surface area contributed by atoms with Gasteiger partial charge in [0.05, 0.1) is 23.8 Å². The first-order valence-corrected chi connectivity index (χ1v) is 25.1. The molecule has 4 amide bonds. The Morgan fingerprint density at radius 2 is 1.49 bits per heavy atom. The summed E-state index contributed by atoms with van der Waals surface area (Å²) in [6.45, 7) is 13.5. The monoisotopic (exact) mass is 1050 g/mol. The van der Waals surface area contributed by atoms with Gasteiger partial charge in [0, 0.05) is 11.9 Å². The Labute approximate surface area is 426 Å². The van der Waals surface area contributed by atoms with Gasteiger partial charge in [0.15, 0.2) is 30.6 Å². The lowest BCUT2D eigenvalue weighted by Gasteiger charge is -2.50. The first-order chi connectivity index (χ1) is 34.3. The molecule has 0 saturated carbocycles. The molecular weight excluding hydrogens is 989 g/mol. The van der Waals surface area contributed by atoms with Crippen LogP contribution in [0.2, 0.25) is 0 Å². The van der Waals surface area contributed by atoms with Crippen molar-refractivity contribution >= 4 is 62.5 Å². The topological polar surface area (TPSA) is 268 Å². The number of aromatic nitrogens is 3. The molecule has 2 atom stereocenters. The molecule has 3 aromatic carbocycles. The van der Waals surface area contributed by atoms with Gasteiger partial charge in [0.1, 0.15) is 28.7 Å². The van der Waals surface area contributed by atoms with Crippen molar-refractivity contribution < 1.29 is 69.7 Å². The van der Waals surface area contributed by atoms with Crippen LogP contribution < -0.4 is 25.4 Å². The average Bonchev–Trinajstić information content (AvgIpc) is 3.93. The van der Waals surface area contributed by atoms with Crippen molar-refractivity contribution in [2.24, 2.45) is 12.2 Å². The maximum atomic E-state index is 14.4. The van der Waals surface area contributed by atoms with E-state index in [0.717, 1.165) is 22.5 Å². The van der Waals surface area contributed by atoms with Crippen molar-refractivity contribution in [1.82, 2.24) is 25.4 Å². The van der Waals surface area contributed by atoms with E-state index in [2.05, 4.69) is 30.4 Å². The zero-order valence-electron chi connectivity index (χ0n) is 41.7. The maximum Gasteiger partial charge on any atom is 0.418 e. The first-order valence-electron chi connectivity index (χ1n) is 22.8. The van der Waals surface area contributed by atoms with E-state index in [4.69, 9.17) is 23.8 Å². The van der Waals surface area contributed by atoms with Crippen molar-refractivity contribution in [1.29, 1.82) is 0 Å². The average molecular weight is 1050 g/mol. The van der Waals surface area contributed by atoms with Gasteiger partial charge in [0.2, 0.25) is 12.3 Å². The predicted molar refractivity (Wildman–Crippen MR) is 265 cm³/mol. The van der Waals surface area contributed by atoms with Crippen LogP contribution in [-0.4, -0.2) is 105 Å². The fraction of sp³-hybridized carbons (Fsp3) is 0.388. The van der Waals surface area contributed by atoms with Crippen LogP contribution in [0.3, 0.4) is 0 Å². The Morgan fingerprint density at radius 3 is 2.07 bits per heavy atom. The van der Waals surface area contributed by atoms with Crippen LogP contribution in [0, 0.1) is 0 Å². The third-order valence-electron chi connectivity index (χ3n) is 10.5. The summed E-state index contributed by atoms with van der Waals surface area (Å²) in [4.78, 5) is 76.2. The summed E-state index contributed by atoms with van der Waals surface area (Å²) >= 11 is 0.904. The van der Waals surface area contributed by atoms with E-state index in [1.807, 2.05) is 89.5 Å². The summed E-state index contributed by atoms with van der Waals surface area (Å²) in [6.07, 6.45) is 0.806. The quantitative estimate of drug-likeness (QED) is 0.0101. The molecule has 1 aliphatic heterocycles. The summed E-state index contributed by atoms with van der Waals surface area (Å²) < 4.78 is 63.6. The Balaban J connectivity index is 1.26. The molecule has 5 aromatic rings. The summed E-state index contributed by atoms with van der Waals surface area (Å²) in [5.41, 5.74) is -0.611. The second-order valence-electron chi connectivity index (χ2n) is 19.1. The molecule has 3 heterocycles. The molecule has 6 rings (SSSR count).